The van der Waals surface area contributed by atoms with Gasteiger partial charge in [0.1, 0.15) is 11.4 Å². The molecular weight excluding hydrogens is 366 g/mol. The van der Waals surface area contributed by atoms with Crippen molar-refractivity contribution >= 4 is 34.6 Å². The molecule has 0 radical (unpaired) electrons. The third-order valence-electron chi connectivity index (χ3n) is 3.69. The number of anilines is 1. The van der Waals surface area contributed by atoms with Crippen molar-refractivity contribution in [3.8, 4) is 5.75 Å². The first-order valence-electron chi connectivity index (χ1n) is 8.40. The van der Waals surface area contributed by atoms with E-state index in [-0.39, 0.29) is 28.8 Å². The van der Waals surface area contributed by atoms with E-state index < -0.39 is 4.92 Å². The molecule has 2 rings (SSSR count). The normalized spacial score (nSPS) is 10.1. The molecule has 27 heavy (non-hydrogen) atoms. The maximum atomic E-state index is 11.9. The number of aryl methyl sites for hydroxylation is 2. The van der Waals surface area contributed by atoms with Crippen LogP contribution in [0.2, 0.25) is 0 Å². The number of nitrogens with one attached hydrogen (secondary N) is 2. The van der Waals surface area contributed by atoms with E-state index >= 15 is 0 Å². The van der Waals surface area contributed by atoms with Crippen molar-refractivity contribution in [2.24, 2.45) is 0 Å². The highest BCUT2D eigenvalue weighted by Gasteiger charge is 2.15. The van der Waals surface area contributed by atoms with Gasteiger partial charge in [-0.3, -0.25) is 14.9 Å². The second kappa shape index (κ2) is 9.63. The monoisotopic (exact) mass is 387 g/mol. The molecule has 0 aromatic heterocycles. The Morgan fingerprint density at radius 3 is 2.48 bits per heavy atom. The summed E-state index contributed by atoms with van der Waals surface area (Å²) in [6.07, 6.45) is 0.747. The Bertz CT molecular complexity index is 837. The van der Waals surface area contributed by atoms with Crippen molar-refractivity contribution in [1.82, 2.24) is 5.32 Å². The predicted octanol–water partition coefficient (Wildman–Crippen LogP) is 3.88. The van der Waals surface area contributed by atoms with E-state index in [1.807, 2.05) is 31.2 Å². The van der Waals surface area contributed by atoms with Crippen LogP contribution < -0.4 is 15.4 Å². The van der Waals surface area contributed by atoms with Crippen LogP contribution in [0.5, 0.6) is 5.75 Å². The largest absolute Gasteiger partial charge is 0.494 e. The van der Waals surface area contributed by atoms with Gasteiger partial charge in [0, 0.05) is 12.5 Å². The molecule has 1 amide bonds. The number of thiocarbonyl (C=S) groups is 1. The van der Waals surface area contributed by atoms with Crippen LogP contribution >= 0.6 is 12.2 Å². The Morgan fingerprint density at radius 1 is 1.15 bits per heavy atom. The maximum Gasteiger partial charge on any atom is 0.292 e. The summed E-state index contributed by atoms with van der Waals surface area (Å²) in [5.41, 5.74) is 2.05. The first-order chi connectivity index (χ1) is 12.8. The Balaban J connectivity index is 1.76. The summed E-state index contributed by atoms with van der Waals surface area (Å²) in [4.78, 5) is 22.6. The number of benzene rings is 2. The second-order valence-electron chi connectivity index (χ2n) is 6.05. The van der Waals surface area contributed by atoms with Crippen molar-refractivity contribution in [3.63, 3.8) is 0 Å². The van der Waals surface area contributed by atoms with Crippen LogP contribution in [0, 0.1) is 24.0 Å². The fourth-order valence-electron chi connectivity index (χ4n) is 2.30. The molecule has 0 aliphatic rings. The lowest BCUT2D eigenvalue weighted by atomic mass is 10.2. The van der Waals surface area contributed by atoms with Gasteiger partial charge in [-0.15, -0.1) is 0 Å². The van der Waals surface area contributed by atoms with Crippen LogP contribution in [-0.4, -0.2) is 22.5 Å². The standard InChI is InChI=1S/C19H21N3O4S/c1-13-5-8-15(9-6-13)26-11-3-4-18(23)21-19(27)20-16-10-7-14(2)12-17(16)22(24)25/h5-10,12H,3-4,11H2,1-2H3,(H2,20,21,23,27). The summed E-state index contributed by atoms with van der Waals surface area (Å²) >= 11 is 5.06. The predicted molar refractivity (Wildman–Crippen MR) is 108 cm³/mol. The van der Waals surface area contributed by atoms with Gasteiger partial charge in [0.25, 0.3) is 5.69 Å². The molecule has 0 heterocycles. The average Bonchev–Trinajstić information content (AvgIpc) is 2.61. The molecule has 7 nitrogen and oxygen atoms in total. The lowest BCUT2D eigenvalue weighted by molar-refractivity contribution is -0.383. The highest BCUT2D eigenvalue weighted by atomic mass is 32.1. The van der Waals surface area contributed by atoms with Crippen molar-refractivity contribution in [3.05, 3.63) is 63.7 Å². The minimum absolute atomic E-state index is 0.0198. The minimum atomic E-state index is -0.498. The number of ether oxygens (including phenoxy) is 1. The molecule has 2 N–H and O–H groups in total. The van der Waals surface area contributed by atoms with E-state index in [2.05, 4.69) is 10.6 Å². The molecule has 0 bridgehead atoms. The van der Waals surface area contributed by atoms with Crippen molar-refractivity contribution in [2.45, 2.75) is 26.7 Å². The van der Waals surface area contributed by atoms with E-state index in [9.17, 15) is 14.9 Å². The Morgan fingerprint density at radius 2 is 1.81 bits per heavy atom. The minimum Gasteiger partial charge on any atom is -0.494 e. The summed E-state index contributed by atoms with van der Waals surface area (Å²) in [5.74, 6) is 0.472. The first kappa shape index (κ1) is 20.3. The molecule has 2 aromatic rings. The third kappa shape index (κ3) is 6.67. The second-order valence-corrected chi connectivity index (χ2v) is 6.45. The zero-order valence-corrected chi connectivity index (χ0v) is 16.0. The van der Waals surface area contributed by atoms with Gasteiger partial charge in [-0.25, -0.2) is 0 Å². The van der Waals surface area contributed by atoms with E-state index in [1.54, 1.807) is 19.1 Å². The molecule has 8 heteroatoms. The van der Waals surface area contributed by atoms with Gasteiger partial charge in [0.05, 0.1) is 11.5 Å². The average molecular weight is 387 g/mol. The Labute approximate surface area is 162 Å². The molecule has 142 valence electrons. The van der Waals surface area contributed by atoms with Gasteiger partial charge in [-0.2, -0.15) is 0 Å². The fraction of sp³-hybridized carbons (Fsp3) is 0.263. The van der Waals surface area contributed by atoms with Crippen molar-refractivity contribution in [2.75, 3.05) is 11.9 Å². The smallest absolute Gasteiger partial charge is 0.292 e. The summed E-state index contributed by atoms with van der Waals surface area (Å²) in [6, 6.07) is 12.4. The van der Waals surface area contributed by atoms with Crippen LogP contribution in [-0.2, 0) is 4.79 Å². The molecule has 0 saturated carbocycles. The van der Waals surface area contributed by atoms with Crippen LogP contribution in [0.4, 0.5) is 11.4 Å². The molecule has 0 aliphatic heterocycles. The summed E-state index contributed by atoms with van der Waals surface area (Å²) in [7, 11) is 0. The number of nitro groups is 1. The third-order valence-corrected chi connectivity index (χ3v) is 3.89. The summed E-state index contributed by atoms with van der Waals surface area (Å²) < 4.78 is 5.56. The van der Waals surface area contributed by atoms with E-state index in [0.717, 1.165) is 16.9 Å². The Hall–Kier alpha value is -3.00. The Kier molecular flexibility index (Phi) is 7.25. The molecule has 0 unspecified atom stereocenters. The highest BCUT2D eigenvalue weighted by Crippen LogP contribution is 2.25. The lowest BCUT2D eigenvalue weighted by Gasteiger charge is -2.10. The SMILES string of the molecule is Cc1ccc(OCCCC(=O)NC(=S)Nc2ccc(C)cc2[N+](=O)[O-])cc1. The van der Waals surface area contributed by atoms with Gasteiger partial charge in [0.15, 0.2) is 5.11 Å². The van der Waals surface area contributed by atoms with Crippen LogP contribution in [0.3, 0.4) is 0 Å². The van der Waals surface area contributed by atoms with Crippen LogP contribution in [0.15, 0.2) is 42.5 Å². The topological polar surface area (TPSA) is 93.5 Å². The zero-order valence-electron chi connectivity index (χ0n) is 15.2. The van der Waals surface area contributed by atoms with Gasteiger partial charge in [-0.1, -0.05) is 23.8 Å². The van der Waals surface area contributed by atoms with Gasteiger partial charge in [-0.05, 0) is 56.2 Å². The quantitative estimate of drug-likeness (QED) is 0.324. The molecular formula is C19H21N3O4S. The summed E-state index contributed by atoms with van der Waals surface area (Å²) in [6.45, 7) is 4.16. The van der Waals surface area contributed by atoms with Gasteiger partial charge in [0.2, 0.25) is 5.91 Å². The maximum absolute atomic E-state index is 11.9. The van der Waals surface area contributed by atoms with Crippen LogP contribution in [0.1, 0.15) is 24.0 Å². The lowest BCUT2D eigenvalue weighted by Crippen LogP contribution is -2.34. The number of rotatable bonds is 7. The number of carbonyl (C=O) groups is 1. The summed E-state index contributed by atoms with van der Waals surface area (Å²) in [5, 5.41) is 16.3. The van der Waals surface area contributed by atoms with Crippen molar-refractivity contribution in [1.29, 1.82) is 0 Å². The van der Waals surface area contributed by atoms with E-state index in [0.29, 0.717) is 13.0 Å². The number of hydrogen-bond acceptors (Lipinski definition) is 5. The molecule has 0 spiro atoms. The molecule has 2 aromatic carbocycles. The molecule has 0 fully saturated rings. The first-order valence-corrected chi connectivity index (χ1v) is 8.81. The molecule has 0 saturated heterocycles. The number of nitrogens with zero attached hydrogens (tertiary/aromatic N) is 1. The molecule has 0 aliphatic carbocycles. The highest BCUT2D eigenvalue weighted by molar-refractivity contribution is 7.80. The van der Waals surface area contributed by atoms with E-state index in [4.69, 9.17) is 17.0 Å². The number of nitro benzene ring substituents is 1. The van der Waals surface area contributed by atoms with Gasteiger partial charge >= 0.3 is 0 Å². The number of carbonyl (C=O) groups excluding carboxylic acids is 1. The van der Waals surface area contributed by atoms with Crippen LogP contribution in [0.25, 0.3) is 0 Å². The van der Waals surface area contributed by atoms with Gasteiger partial charge < -0.3 is 15.4 Å². The molecule has 0 atom stereocenters. The van der Waals surface area contributed by atoms with Crippen molar-refractivity contribution < 1.29 is 14.5 Å². The fourth-order valence-corrected chi connectivity index (χ4v) is 2.52. The number of hydrogen-bond donors (Lipinski definition) is 2. The zero-order chi connectivity index (χ0) is 19.8. The van der Waals surface area contributed by atoms with E-state index in [1.165, 1.54) is 6.07 Å². The number of amides is 1.